The van der Waals surface area contributed by atoms with Gasteiger partial charge in [0.15, 0.2) is 0 Å². The fraction of sp³-hybridized carbons (Fsp3) is 0.379. The lowest BCUT2D eigenvalue weighted by Gasteiger charge is -2.27. The van der Waals surface area contributed by atoms with E-state index in [1.807, 2.05) is 38.1 Å². The van der Waals surface area contributed by atoms with Crippen molar-refractivity contribution in [2.75, 3.05) is 13.6 Å². The summed E-state index contributed by atoms with van der Waals surface area (Å²) in [6, 6.07) is 7.63. The molecule has 5 N–H and O–H groups in total. The number of aromatic amines is 1. The van der Waals surface area contributed by atoms with Crippen molar-refractivity contribution >= 4 is 40.4 Å². The lowest BCUT2D eigenvalue weighted by Crippen LogP contribution is -2.56. The van der Waals surface area contributed by atoms with Gasteiger partial charge < -0.3 is 20.7 Å². The number of carboxylic acids is 1. The maximum absolute atomic E-state index is 13.3. The van der Waals surface area contributed by atoms with Crippen LogP contribution < -0.4 is 16.0 Å². The number of hydrogen-bond acceptors (Lipinski definition) is 7. The van der Waals surface area contributed by atoms with Crippen LogP contribution in [0.15, 0.2) is 48.9 Å². The van der Waals surface area contributed by atoms with Crippen LogP contribution in [0.5, 0.6) is 0 Å². The van der Waals surface area contributed by atoms with Crippen LogP contribution in [0.2, 0.25) is 0 Å². The van der Waals surface area contributed by atoms with Crippen molar-refractivity contribution in [1.82, 2.24) is 30.8 Å². The van der Waals surface area contributed by atoms with E-state index >= 15 is 0 Å². The average molecular weight is 563 g/mol. The first-order valence-electron chi connectivity index (χ1n) is 13.5. The summed E-state index contributed by atoms with van der Waals surface area (Å²) in [4.78, 5) is 72.1. The molecule has 4 rings (SSSR count). The molecule has 0 spiro atoms. The van der Waals surface area contributed by atoms with Gasteiger partial charge in [-0.1, -0.05) is 38.1 Å². The quantitative estimate of drug-likeness (QED) is 0.195. The Morgan fingerprint density at radius 3 is 2.12 bits per heavy atom. The number of nitrogens with one attached hydrogen (secondary N) is 4. The third kappa shape index (κ3) is 6.77. The van der Waals surface area contributed by atoms with E-state index in [0.717, 1.165) is 15.7 Å². The second-order valence-electron chi connectivity index (χ2n) is 10.5. The van der Waals surface area contributed by atoms with E-state index in [-0.39, 0.29) is 36.4 Å². The number of aromatic nitrogens is 2. The molecule has 12 heteroatoms. The molecule has 0 bridgehead atoms. The van der Waals surface area contributed by atoms with E-state index < -0.39 is 47.7 Å². The molecule has 216 valence electrons. The Morgan fingerprint density at radius 1 is 0.976 bits per heavy atom. The summed E-state index contributed by atoms with van der Waals surface area (Å²) in [6.45, 7) is 3.63. The normalized spacial score (nSPS) is 15.1. The molecule has 2 heterocycles. The van der Waals surface area contributed by atoms with E-state index in [0.29, 0.717) is 12.1 Å². The SMILES string of the molecule is CNC(=O)[C@H](Cc1cnc[nH]1)NC(=O)[C@H](CC(C)C)N[C@H](CCN1C(=O)c2cc3ccccc3cc2C1=O)C(=O)O. The van der Waals surface area contributed by atoms with E-state index in [4.69, 9.17) is 0 Å². The summed E-state index contributed by atoms with van der Waals surface area (Å²) in [6.07, 6.45) is 3.36. The van der Waals surface area contributed by atoms with E-state index in [9.17, 15) is 29.1 Å². The number of benzene rings is 2. The molecular formula is C29H34N6O6. The van der Waals surface area contributed by atoms with Crippen LogP contribution in [-0.2, 0) is 20.8 Å². The number of H-pyrrole nitrogens is 1. The molecule has 0 fully saturated rings. The zero-order chi connectivity index (χ0) is 29.7. The van der Waals surface area contributed by atoms with Gasteiger partial charge in [0, 0.05) is 31.9 Å². The number of carbonyl (C=O) groups is 5. The summed E-state index contributed by atoms with van der Waals surface area (Å²) in [5.74, 6) is -3.12. The van der Waals surface area contributed by atoms with Crippen LogP contribution in [0.4, 0.5) is 0 Å². The topological polar surface area (TPSA) is 174 Å². The molecule has 0 aliphatic carbocycles. The summed E-state index contributed by atoms with van der Waals surface area (Å²) in [5.41, 5.74) is 1.20. The molecule has 0 saturated heterocycles. The summed E-state index contributed by atoms with van der Waals surface area (Å²) >= 11 is 0. The third-order valence-electron chi connectivity index (χ3n) is 7.06. The summed E-state index contributed by atoms with van der Waals surface area (Å²) in [5, 5.41) is 19.8. The Labute approximate surface area is 236 Å². The maximum atomic E-state index is 13.3. The van der Waals surface area contributed by atoms with Gasteiger partial charge in [0.1, 0.15) is 12.1 Å². The molecule has 3 aromatic rings. The van der Waals surface area contributed by atoms with Crippen LogP contribution in [0.25, 0.3) is 10.8 Å². The van der Waals surface area contributed by atoms with Crippen molar-refractivity contribution in [2.45, 2.75) is 51.2 Å². The molecule has 1 aromatic heterocycles. The number of likely N-dealkylation sites (N-methyl/N-ethyl adjacent to an activating group) is 1. The fourth-order valence-corrected chi connectivity index (χ4v) is 4.95. The van der Waals surface area contributed by atoms with Gasteiger partial charge in [-0.2, -0.15) is 0 Å². The van der Waals surface area contributed by atoms with E-state index in [1.54, 1.807) is 18.3 Å². The molecule has 4 amide bonds. The summed E-state index contributed by atoms with van der Waals surface area (Å²) < 4.78 is 0. The molecule has 12 nitrogen and oxygen atoms in total. The first-order chi connectivity index (χ1) is 19.6. The Balaban J connectivity index is 1.46. The second-order valence-corrected chi connectivity index (χ2v) is 10.5. The van der Waals surface area contributed by atoms with Crippen molar-refractivity contribution in [2.24, 2.45) is 5.92 Å². The molecule has 0 unspecified atom stereocenters. The number of carbonyl (C=O) groups excluding carboxylic acids is 4. The van der Waals surface area contributed by atoms with Gasteiger partial charge in [0.2, 0.25) is 11.8 Å². The van der Waals surface area contributed by atoms with Gasteiger partial charge >= 0.3 is 5.97 Å². The lowest BCUT2D eigenvalue weighted by atomic mass is 10.0. The predicted octanol–water partition coefficient (Wildman–Crippen LogP) is 1.48. The standard InChI is InChI=1S/C29H34N6O6/c1-16(2)10-23(26(37)34-24(25(36)30-3)13-19-14-31-15-32-19)33-22(29(40)41)8-9-35-27(38)20-11-17-6-4-5-7-18(17)12-21(20)28(35)39/h4-7,11-12,14-16,22-24,33H,8-10,13H2,1-3H3,(H,30,36)(H,31,32)(H,34,37)(H,40,41)/t22-,23+,24+/m1/s1. The van der Waals surface area contributed by atoms with Gasteiger partial charge in [-0.05, 0) is 41.7 Å². The van der Waals surface area contributed by atoms with Crippen molar-refractivity contribution < 1.29 is 29.1 Å². The molecule has 41 heavy (non-hydrogen) atoms. The van der Waals surface area contributed by atoms with Gasteiger partial charge in [-0.3, -0.25) is 34.2 Å². The molecule has 1 aliphatic heterocycles. The van der Waals surface area contributed by atoms with Crippen LogP contribution >= 0.6 is 0 Å². The van der Waals surface area contributed by atoms with Crippen LogP contribution in [0.1, 0.15) is 53.1 Å². The van der Waals surface area contributed by atoms with Gasteiger partial charge in [0.05, 0.1) is 23.5 Å². The van der Waals surface area contributed by atoms with Gasteiger partial charge in [0.25, 0.3) is 11.8 Å². The average Bonchev–Trinajstić information content (AvgIpc) is 3.54. The highest BCUT2D eigenvalue weighted by atomic mass is 16.4. The zero-order valence-corrected chi connectivity index (χ0v) is 23.1. The number of rotatable bonds is 13. The highest BCUT2D eigenvalue weighted by Crippen LogP contribution is 2.28. The Kier molecular flexibility index (Phi) is 9.13. The summed E-state index contributed by atoms with van der Waals surface area (Å²) in [7, 11) is 1.46. The highest BCUT2D eigenvalue weighted by molar-refractivity contribution is 6.23. The monoisotopic (exact) mass is 562 g/mol. The van der Waals surface area contributed by atoms with Crippen molar-refractivity contribution in [3.8, 4) is 0 Å². The fourth-order valence-electron chi connectivity index (χ4n) is 4.95. The number of aliphatic carboxylic acids is 1. The van der Waals surface area contributed by atoms with Crippen molar-refractivity contribution in [3.63, 3.8) is 0 Å². The zero-order valence-electron chi connectivity index (χ0n) is 23.1. The Hall–Kier alpha value is -4.58. The van der Waals surface area contributed by atoms with E-state index in [2.05, 4.69) is 25.9 Å². The van der Waals surface area contributed by atoms with Gasteiger partial charge in [-0.15, -0.1) is 0 Å². The number of hydrogen-bond donors (Lipinski definition) is 5. The minimum Gasteiger partial charge on any atom is -0.480 e. The van der Waals surface area contributed by atoms with Crippen LogP contribution in [0, 0.1) is 5.92 Å². The largest absolute Gasteiger partial charge is 0.480 e. The first-order valence-corrected chi connectivity index (χ1v) is 13.5. The smallest absolute Gasteiger partial charge is 0.320 e. The van der Waals surface area contributed by atoms with E-state index in [1.165, 1.54) is 13.4 Å². The number of nitrogens with zero attached hydrogens (tertiary/aromatic N) is 2. The maximum Gasteiger partial charge on any atom is 0.320 e. The molecule has 1 aliphatic rings. The highest BCUT2D eigenvalue weighted by Gasteiger charge is 2.37. The second kappa shape index (κ2) is 12.7. The Bertz CT molecular complexity index is 1400. The molecule has 0 radical (unpaired) electrons. The number of fused-ring (bicyclic) bond motifs is 2. The minimum absolute atomic E-state index is 0.0177. The first kappa shape index (κ1) is 29.4. The van der Waals surface area contributed by atoms with Crippen molar-refractivity contribution in [3.05, 3.63) is 65.7 Å². The van der Waals surface area contributed by atoms with Crippen LogP contribution in [0.3, 0.4) is 0 Å². The molecule has 3 atom stereocenters. The number of amides is 4. The number of imidazole rings is 1. The van der Waals surface area contributed by atoms with Crippen LogP contribution in [-0.4, -0.2) is 81.3 Å². The Morgan fingerprint density at radius 2 is 1.61 bits per heavy atom. The van der Waals surface area contributed by atoms with Gasteiger partial charge in [-0.25, -0.2) is 4.98 Å². The number of imide groups is 1. The molecule has 2 aromatic carbocycles. The molecular weight excluding hydrogens is 528 g/mol. The van der Waals surface area contributed by atoms with Crippen molar-refractivity contribution in [1.29, 1.82) is 0 Å². The number of carboxylic acid groups (broad SMARTS) is 1. The third-order valence-corrected chi connectivity index (χ3v) is 7.06. The molecule has 0 saturated carbocycles. The lowest BCUT2D eigenvalue weighted by molar-refractivity contribution is -0.140. The minimum atomic E-state index is -1.24. The predicted molar refractivity (Wildman–Crippen MR) is 150 cm³/mol.